The van der Waals surface area contributed by atoms with Crippen molar-refractivity contribution in [3.8, 4) is 10.4 Å². The summed E-state index contributed by atoms with van der Waals surface area (Å²) in [6.45, 7) is 2.69. The zero-order chi connectivity index (χ0) is 29.1. The first-order chi connectivity index (χ1) is 18.9. The van der Waals surface area contributed by atoms with E-state index >= 15 is 0 Å². The molecular formula is C27H33ClF3N3O4S2. The molecule has 0 spiro atoms. The van der Waals surface area contributed by atoms with Crippen LogP contribution in [0.15, 0.2) is 29.4 Å². The third-order valence-electron chi connectivity index (χ3n) is 7.31. The van der Waals surface area contributed by atoms with Crippen molar-refractivity contribution in [2.24, 2.45) is 5.92 Å². The number of nitrogens with zero attached hydrogens (tertiary/aromatic N) is 1. The van der Waals surface area contributed by atoms with Gasteiger partial charge in [0.1, 0.15) is 6.04 Å². The molecule has 2 aliphatic rings. The molecule has 2 atom stereocenters. The van der Waals surface area contributed by atoms with Gasteiger partial charge < -0.3 is 10.1 Å². The molecule has 4 rings (SSSR count). The predicted molar refractivity (Wildman–Crippen MR) is 149 cm³/mol. The fourth-order valence-corrected chi connectivity index (χ4v) is 7.87. The summed E-state index contributed by atoms with van der Waals surface area (Å²) in [5.74, 6) is 0.0672. The second-order valence-corrected chi connectivity index (χ2v) is 13.4. The number of carbonyl (C=O) groups is 1. The minimum Gasteiger partial charge on any atom is -0.501 e. The highest BCUT2D eigenvalue weighted by molar-refractivity contribution is 7.89. The van der Waals surface area contributed by atoms with Gasteiger partial charge in [0.05, 0.1) is 39.4 Å². The number of amides is 1. The number of ether oxygens (including phenoxy) is 1. The summed E-state index contributed by atoms with van der Waals surface area (Å²) in [6, 6.07) is 0.286. The van der Waals surface area contributed by atoms with Gasteiger partial charge in [-0.15, -0.1) is 11.3 Å². The van der Waals surface area contributed by atoms with Crippen LogP contribution in [0.5, 0.6) is 0 Å². The molecule has 0 saturated heterocycles. The van der Waals surface area contributed by atoms with E-state index in [1.54, 1.807) is 17.1 Å². The van der Waals surface area contributed by atoms with Crippen molar-refractivity contribution < 1.29 is 31.1 Å². The van der Waals surface area contributed by atoms with Crippen LogP contribution in [0.2, 0.25) is 5.02 Å². The Balaban J connectivity index is 1.69. The summed E-state index contributed by atoms with van der Waals surface area (Å²) in [7, 11) is -4.50. The molecule has 1 aliphatic carbocycles. The van der Waals surface area contributed by atoms with Crippen molar-refractivity contribution in [1.82, 2.24) is 15.0 Å². The SMILES string of the molecule is Cc1c(S(=O)(=O)N[C@@H](C)C(F)(F)F)ccc(-c2sc(C(=O)NC3C=COCC3)nc2CC2CCCCCC2)c1Cl. The number of hydrogen-bond acceptors (Lipinski definition) is 6. The Labute approximate surface area is 241 Å². The van der Waals surface area contributed by atoms with E-state index in [-0.39, 0.29) is 32.4 Å². The lowest BCUT2D eigenvalue weighted by Gasteiger charge is -2.19. The molecule has 13 heteroatoms. The first kappa shape index (κ1) is 30.8. The topological polar surface area (TPSA) is 97.4 Å². The zero-order valence-electron chi connectivity index (χ0n) is 22.3. The van der Waals surface area contributed by atoms with Crippen LogP contribution in [-0.2, 0) is 21.2 Å². The Kier molecular flexibility index (Phi) is 9.85. The fraction of sp³-hybridized carbons (Fsp3) is 0.556. The largest absolute Gasteiger partial charge is 0.501 e. The van der Waals surface area contributed by atoms with Gasteiger partial charge in [0.15, 0.2) is 5.01 Å². The summed E-state index contributed by atoms with van der Waals surface area (Å²) < 4.78 is 71.6. The van der Waals surface area contributed by atoms with Crippen molar-refractivity contribution in [1.29, 1.82) is 0 Å². The van der Waals surface area contributed by atoms with Crippen LogP contribution in [0.4, 0.5) is 13.2 Å². The molecule has 220 valence electrons. The van der Waals surface area contributed by atoms with Crippen LogP contribution in [-0.4, -0.2) is 44.2 Å². The zero-order valence-corrected chi connectivity index (χ0v) is 24.7. The normalized spacial score (nSPS) is 19.6. The molecule has 1 aromatic carbocycles. The second-order valence-electron chi connectivity index (χ2n) is 10.4. The molecule has 1 amide bonds. The molecule has 1 fully saturated rings. The fourth-order valence-electron chi connectivity index (χ4n) is 5.00. The summed E-state index contributed by atoms with van der Waals surface area (Å²) in [6.07, 6.45) is 6.62. The summed E-state index contributed by atoms with van der Waals surface area (Å²) in [5.41, 5.74) is 1.33. The number of hydrogen-bond donors (Lipinski definition) is 2. The average molecular weight is 620 g/mol. The van der Waals surface area contributed by atoms with E-state index in [9.17, 15) is 26.4 Å². The minimum atomic E-state index is -4.74. The van der Waals surface area contributed by atoms with Gasteiger partial charge in [-0.05, 0) is 43.9 Å². The molecule has 1 saturated carbocycles. The van der Waals surface area contributed by atoms with E-state index in [0.717, 1.165) is 32.6 Å². The van der Waals surface area contributed by atoms with Crippen LogP contribution in [0.3, 0.4) is 0 Å². The number of nitrogens with one attached hydrogen (secondary N) is 2. The van der Waals surface area contributed by atoms with E-state index in [1.165, 1.54) is 43.2 Å². The van der Waals surface area contributed by atoms with Gasteiger partial charge in [-0.25, -0.2) is 13.4 Å². The van der Waals surface area contributed by atoms with E-state index < -0.39 is 22.2 Å². The van der Waals surface area contributed by atoms with Gasteiger partial charge in [0, 0.05) is 12.0 Å². The number of aromatic nitrogens is 1. The Bertz CT molecular complexity index is 1350. The van der Waals surface area contributed by atoms with Gasteiger partial charge in [0.2, 0.25) is 10.0 Å². The highest BCUT2D eigenvalue weighted by atomic mass is 35.5. The monoisotopic (exact) mass is 619 g/mol. The maximum Gasteiger partial charge on any atom is 0.404 e. The van der Waals surface area contributed by atoms with E-state index in [1.807, 2.05) is 0 Å². The number of alkyl halides is 3. The van der Waals surface area contributed by atoms with Gasteiger partial charge in [0.25, 0.3) is 5.91 Å². The molecule has 2 heterocycles. The molecular weight excluding hydrogens is 587 g/mol. The van der Waals surface area contributed by atoms with Crippen LogP contribution < -0.4 is 10.0 Å². The maximum absolute atomic E-state index is 13.1. The van der Waals surface area contributed by atoms with E-state index in [0.29, 0.717) is 41.5 Å². The highest BCUT2D eigenvalue weighted by Gasteiger charge is 2.39. The molecule has 1 aliphatic heterocycles. The van der Waals surface area contributed by atoms with Crippen molar-refractivity contribution in [3.05, 3.63) is 45.8 Å². The maximum atomic E-state index is 13.1. The molecule has 1 unspecified atom stereocenters. The number of rotatable bonds is 8. The molecule has 0 radical (unpaired) electrons. The molecule has 1 aromatic heterocycles. The number of halogens is 4. The van der Waals surface area contributed by atoms with Crippen molar-refractivity contribution in [2.75, 3.05) is 6.61 Å². The number of carbonyl (C=O) groups excluding carboxylic acids is 1. The van der Waals surface area contributed by atoms with Crippen LogP contribution in [0, 0.1) is 12.8 Å². The van der Waals surface area contributed by atoms with Crippen molar-refractivity contribution in [3.63, 3.8) is 0 Å². The third-order valence-corrected chi connectivity index (χ3v) is 10.6. The molecule has 2 N–H and O–H groups in total. The highest BCUT2D eigenvalue weighted by Crippen LogP contribution is 2.41. The Morgan fingerprint density at radius 2 is 1.90 bits per heavy atom. The van der Waals surface area contributed by atoms with Crippen LogP contribution in [0.25, 0.3) is 10.4 Å². The van der Waals surface area contributed by atoms with Gasteiger partial charge in [-0.1, -0.05) is 56.2 Å². The molecule has 7 nitrogen and oxygen atoms in total. The standard InChI is InChI=1S/C27H33ClF3N3O4S2/c1-16-22(40(36,37)34-17(2)27(29,30)31)10-9-20(23(16)28)24-21(15-18-7-5-3-4-6-8-18)33-26(39-24)25(35)32-19-11-13-38-14-12-19/h9-11,13,17-19,34H,3-8,12,14-15H2,1-2H3,(H,32,35)/t17-,19?/m0/s1. The Hall–Kier alpha value is -2.15. The average Bonchev–Trinajstić information content (AvgIpc) is 3.12. The summed E-state index contributed by atoms with van der Waals surface area (Å²) in [5, 5.41) is 3.31. The predicted octanol–water partition coefficient (Wildman–Crippen LogP) is 6.55. The lowest BCUT2D eigenvalue weighted by Crippen LogP contribution is -2.43. The molecule has 40 heavy (non-hydrogen) atoms. The molecule has 0 bridgehead atoms. The number of benzene rings is 1. The van der Waals surface area contributed by atoms with E-state index in [2.05, 4.69) is 5.32 Å². The Morgan fingerprint density at radius 3 is 2.52 bits per heavy atom. The number of thiazole rings is 1. The minimum absolute atomic E-state index is 0.0904. The lowest BCUT2D eigenvalue weighted by atomic mass is 9.93. The van der Waals surface area contributed by atoms with Crippen molar-refractivity contribution >= 4 is 38.9 Å². The smallest absolute Gasteiger partial charge is 0.404 e. The van der Waals surface area contributed by atoms with Crippen LogP contribution >= 0.6 is 22.9 Å². The van der Waals surface area contributed by atoms with Gasteiger partial charge in [-0.2, -0.15) is 17.9 Å². The summed E-state index contributed by atoms with van der Waals surface area (Å²) >= 11 is 7.87. The van der Waals surface area contributed by atoms with Gasteiger partial charge in [-0.3, -0.25) is 4.79 Å². The van der Waals surface area contributed by atoms with E-state index in [4.69, 9.17) is 21.3 Å². The van der Waals surface area contributed by atoms with Crippen LogP contribution in [0.1, 0.15) is 72.9 Å². The second kappa shape index (κ2) is 12.8. The first-order valence-corrected chi connectivity index (χ1v) is 16.0. The first-order valence-electron chi connectivity index (χ1n) is 13.3. The summed E-state index contributed by atoms with van der Waals surface area (Å²) in [4.78, 5) is 18.2. The Morgan fingerprint density at radius 1 is 1.20 bits per heavy atom. The quantitative estimate of drug-likeness (QED) is 0.327. The molecule has 2 aromatic rings. The van der Waals surface area contributed by atoms with Crippen molar-refractivity contribution in [2.45, 2.75) is 88.4 Å². The number of sulfonamides is 1. The lowest BCUT2D eigenvalue weighted by molar-refractivity contribution is -0.147. The third kappa shape index (κ3) is 7.37. The van der Waals surface area contributed by atoms with Gasteiger partial charge >= 0.3 is 6.18 Å².